The monoisotopic (exact) mass is 369 g/mol. The molecule has 1 aliphatic rings. The lowest BCUT2D eigenvalue weighted by molar-refractivity contribution is -0.119. The number of hydrogen-bond acceptors (Lipinski definition) is 4. The number of hydrogen-bond donors (Lipinski definition) is 2. The second-order valence-corrected chi connectivity index (χ2v) is 6.31. The average Bonchev–Trinajstić information content (AvgIpc) is 3.20. The van der Waals surface area contributed by atoms with Gasteiger partial charge in [0.25, 0.3) is 0 Å². The standard InChI is InChI=1S/C20H23N3O4/c1-13-10-16(4-7-20(25)22-9-8-21-15(3)24)14(2)23(13)17-5-6-18-19(11-17)27-12-26-18/h4-7,10-11H,8-9,12H2,1-3H3,(H,21,24)(H,22,25)/b7-4+. The fraction of sp³-hybridized carbons (Fsp3) is 0.300. The molecule has 0 saturated heterocycles. The lowest BCUT2D eigenvalue weighted by Crippen LogP contribution is -2.32. The Morgan fingerprint density at radius 2 is 1.85 bits per heavy atom. The molecule has 1 aromatic heterocycles. The minimum Gasteiger partial charge on any atom is -0.454 e. The molecule has 0 atom stereocenters. The van der Waals surface area contributed by atoms with Gasteiger partial charge in [-0.05, 0) is 43.7 Å². The number of benzene rings is 1. The molecule has 0 aliphatic carbocycles. The van der Waals surface area contributed by atoms with Gasteiger partial charge in [-0.1, -0.05) is 0 Å². The van der Waals surface area contributed by atoms with Gasteiger partial charge in [-0.15, -0.1) is 0 Å². The van der Waals surface area contributed by atoms with E-state index >= 15 is 0 Å². The van der Waals surface area contributed by atoms with Crippen LogP contribution in [-0.4, -0.2) is 36.3 Å². The Kier molecular flexibility index (Phi) is 5.49. The second kappa shape index (κ2) is 7.99. The molecule has 0 fully saturated rings. The molecule has 27 heavy (non-hydrogen) atoms. The zero-order valence-electron chi connectivity index (χ0n) is 15.7. The second-order valence-electron chi connectivity index (χ2n) is 6.31. The van der Waals surface area contributed by atoms with E-state index in [2.05, 4.69) is 15.2 Å². The number of nitrogens with zero attached hydrogens (tertiary/aromatic N) is 1. The predicted molar refractivity (Wildman–Crippen MR) is 102 cm³/mol. The topological polar surface area (TPSA) is 81.6 Å². The summed E-state index contributed by atoms with van der Waals surface area (Å²) in [7, 11) is 0. The van der Waals surface area contributed by atoms with Gasteiger partial charge in [-0.2, -0.15) is 0 Å². The number of nitrogens with one attached hydrogen (secondary N) is 2. The summed E-state index contributed by atoms with van der Waals surface area (Å²) < 4.78 is 12.9. The SMILES string of the molecule is CC(=O)NCCNC(=O)/C=C/c1cc(C)n(-c2ccc3c(c2)OCO3)c1C. The van der Waals surface area contributed by atoms with Gasteiger partial charge in [0.15, 0.2) is 11.5 Å². The van der Waals surface area contributed by atoms with Crippen LogP contribution in [0.15, 0.2) is 30.3 Å². The number of aromatic nitrogens is 1. The molecule has 0 radical (unpaired) electrons. The fourth-order valence-electron chi connectivity index (χ4n) is 3.03. The maximum Gasteiger partial charge on any atom is 0.244 e. The Morgan fingerprint density at radius 3 is 2.63 bits per heavy atom. The summed E-state index contributed by atoms with van der Waals surface area (Å²) in [6.07, 6.45) is 3.29. The Labute approximate surface area is 158 Å². The van der Waals surface area contributed by atoms with Gasteiger partial charge < -0.3 is 24.7 Å². The quantitative estimate of drug-likeness (QED) is 0.603. The van der Waals surface area contributed by atoms with Gasteiger partial charge in [-0.25, -0.2) is 0 Å². The van der Waals surface area contributed by atoms with Crippen molar-refractivity contribution < 1.29 is 19.1 Å². The number of rotatable bonds is 6. The van der Waals surface area contributed by atoms with E-state index in [9.17, 15) is 9.59 Å². The summed E-state index contributed by atoms with van der Waals surface area (Å²) in [6, 6.07) is 7.86. The van der Waals surface area contributed by atoms with Crippen LogP contribution in [0.3, 0.4) is 0 Å². The van der Waals surface area contributed by atoms with Crippen LogP contribution < -0.4 is 20.1 Å². The van der Waals surface area contributed by atoms with Crippen molar-refractivity contribution in [2.24, 2.45) is 0 Å². The highest BCUT2D eigenvalue weighted by Gasteiger charge is 2.16. The van der Waals surface area contributed by atoms with Crippen LogP contribution in [0, 0.1) is 13.8 Å². The first kappa shape index (κ1) is 18.6. The first-order valence-corrected chi connectivity index (χ1v) is 8.75. The molecule has 7 heteroatoms. The molecule has 0 spiro atoms. The van der Waals surface area contributed by atoms with E-state index in [1.807, 2.05) is 38.1 Å². The summed E-state index contributed by atoms with van der Waals surface area (Å²) in [5.74, 6) is 1.16. The molecule has 0 unspecified atom stereocenters. The third-order valence-electron chi connectivity index (χ3n) is 4.30. The molecule has 2 heterocycles. The zero-order valence-corrected chi connectivity index (χ0v) is 15.7. The van der Waals surface area contributed by atoms with Crippen LogP contribution in [0.25, 0.3) is 11.8 Å². The molecule has 1 aromatic carbocycles. The maximum atomic E-state index is 11.9. The van der Waals surface area contributed by atoms with Gasteiger partial charge in [0, 0.05) is 49.2 Å². The van der Waals surface area contributed by atoms with Gasteiger partial charge in [0.1, 0.15) is 0 Å². The number of amides is 2. The van der Waals surface area contributed by atoms with Crippen molar-refractivity contribution in [3.8, 4) is 17.2 Å². The average molecular weight is 369 g/mol. The summed E-state index contributed by atoms with van der Waals surface area (Å²) >= 11 is 0. The number of carbonyl (C=O) groups excluding carboxylic acids is 2. The Hall–Kier alpha value is -3.22. The first-order valence-electron chi connectivity index (χ1n) is 8.75. The Bertz CT molecular complexity index is 899. The molecule has 0 bridgehead atoms. The van der Waals surface area contributed by atoms with Crippen molar-refractivity contribution in [2.75, 3.05) is 19.9 Å². The van der Waals surface area contributed by atoms with Crippen LogP contribution in [0.5, 0.6) is 11.5 Å². The van der Waals surface area contributed by atoms with Gasteiger partial charge in [-0.3, -0.25) is 9.59 Å². The van der Waals surface area contributed by atoms with Crippen LogP contribution in [0.2, 0.25) is 0 Å². The highest BCUT2D eigenvalue weighted by atomic mass is 16.7. The van der Waals surface area contributed by atoms with E-state index in [0.29, 0.717) is 13.1 Å². The van der Waals surface area contributed by atoms with Crippen LogP contribution >= 0.6 is 0 Å². The van der Waals surface area contributed by atoms with E-state index in [-0.39, 0.29) is 18.6 Å². The summed E-state index contributed by atoms with van der Waals surface area (Å²) in [6.45, 7) is 6.51. The smallest absolute Gasteiger partial charge is 0.244 e. The van der Waals surface area contributed by atoms with E-state index < -0.39 is 0 Å². The molecule has 142 valence electrons. The third-order valence-corrected chi connectivity index (χ3v) is 4.30. The summed E-state index contributed by atoms with van der Waals surface area (Å²) in [5, 5.41) is 5.36. The Morgan fingerprint density at radius 1 is 1.11 bits per heavy atom. The largest absolute Gasteiger partial charge is 0.454 e. The van der Waals surface area contributed by atoms with Gasteiger partial charge in [0.2, 0.25) is 18.6 Å². The van der Waals surface area contributed by atoms with Crippen LogP contribution in [0.1, 0.15) is 23.9 Å². The highest BCUT2D eigenvalue weighted by Crippen LogP contribution is 2.34. The summed E-state index contributed by atoms with van der Waals surface area (Å²) in [5.41, 5.74) is 4.02. The molecule has 2 aromatic rings. The number of aryl methyl sites for hydroxylation is 1. The van der Waals surface area contributed by atoms with E-state index in [1.165, 1.54) is 13.0 Å². The lowest BCUT2D eigenvalue weighted by Gasteiger charge is -2.10. The van der Waals surface area contributed by atoms with Gasteiger partial charge >= 0.3 is 0 Å². The highest BCUT2D eigenvalue weighted by molar-refractivity contribution is 5.92. The fourth-order valence-corrected chi connectivity index (χ4v) is 3.03. The molecule has 2 N–H and O–H groups in total. The minimum absolute atomic E-state index is 0.115. The summed E-state index contributed by atoms with van der Waals surface area (Å²) in [4.78, 5) is 22.7. The molecule has 3 rings (SSSR count). The molecular weight excluding hydrogens is 346 g/mol. The van der Waals surface area contributed by atoms with Crippen LogP contribution in [-0.2, 0) is 9.59 Å². The van der Waals surface area contributed by atoms with Crippen molar-refractivity contribution in [1.82, 2.24) is 15.2 Å². The van der Waals surface area contributed by atoms with Crippen molar-refractivity contribution in [1.29, 1.82) is 0 Å². The minimum atomic E-state index is -0.201. The Balaban J connectivity index is 1.70. The van der Waals surface area contributed by atoms with E-state index in [0.717, 1.165) is 34.1 Å². The molecule has 7 nitrogen and oxygen atoms in total. The van der Waals surface area contributed by atoms with E-state index in [4.69, 9.17) is 9.47 Å². The zero-order chi connectivity index (χ0) is 19.4. The number of fused-ring (bicyclic) bond motifs is 1. The molecule has 0 saturated carbocycles. The predicted octanol–water partition coefficient (Wildman–Crippen LogP) is 2.09. The normalized spacial score (nSPS) is 12.4. The third kappa shape index (κ3) is 4.31. The maximum absolute atomic E-state index is 11.9. The molecular formula is C20H23N3O4. The van der Waals surface area contributed by atoms with Gasteiger partial charge in [0.05, 0.1) is 0 Å². The molecule has 2 amide bonds. The van der Waals surface area contributed by atoms with Crippen molar-refractivity contribution >= 4 is 17.9 Å². The van der Waals surface area contributed by atoms with E-state index in [1.54, 1.807) is 6.08 Å². The molecule has 1 aliphatic heterocycles. The van der Waals surface area contributed by atoms with Crippen molar-refractivity contribution in [3.05, 3.63) is 47.3 Å². The number of ether oxygens (including phenoxy) is 2. The van der Waals surface area contributed by atoms with Crippen molar-refractivity contribution in [2.45, 2.75) is 20.8 Å². The number of carbonyl (C=O) groups is 2. The van der Waals surface area contributed by atoms with Crippen LogP contribution in [0.4, 0.5) is 0 Å². The lowest BCUT2D eigenvalue weighted by atomic mass is 10.2. The van der Waals surface area contributed by atoms with Crippen molar-refractivity contribution in [3.63, 3.8) is 0 Å². The first-order chi connectivity index (χ1) is 13.0.